The van der Waals surface area contributed by atoms with Crippen LogP contribution in [0.1, 0.15) is 51.1 Å². The lowest BCUT2D eigenvalue weighted by Gasteiger charge is -2.40. The van der Waals surface area contributed by atoms with Crippen LogP contribution >= 0.6 is 0 Å². The summed E-state index contributed by atoms with van der Waals surface area (Å²) in [5.74, 6) is -0.916. The Morgan fingerprint density at radius 1 is 1.19 bits per heavy atom. The van der Waals surface area contributed by atoms with Gasteiger partial charge in [0.05, 0.1) is 5.60 Å². The number of carboxylic acid groups (broad SMARTS) is 1. The number of rotatable bonds is 5. The third kappa shape index (κ3) is 4.29. The first-order valence-electron chi connectivity index (χ1n) is 7.55. The molecule has 1 aromatic rings. The second kappa shape index (κ2) is 6.16. The van der Waals surface area contributed by atoms with E-state index in [0.29, 0.717) is 24.9 Å². The summed E-state index contributed by atoms with van der Waals surface area (Å²) in [5, 5.41) is 23.0. The summed E-state index contributed by atoms with van der Waals surface area (Å²) in [7, 11) is 0. The molecule has 0 aromatic heterocycles. The van der Waals surface area contributed by atoms with E-state index in [1.54, 1.807) is 12.1 Å². The average Bonchev–Trinajstić information content (AvgIpc) is 2.44. The fraction of sp³-hybridized carbons (Fsp3) is 0.588. The molecule has 0 saturated heterocycles. The zero-order valence-electron chi connectivity index (χ0n) is 12.8. The molecular formula is C17H25NO3. The molecule has 0 spiro atoms. The van der Waals surface area contributed by atoms with Crippen LogP contribution in [0, 0.1) is 5.41 Å². The van der Waals surface area contributed by atoms with E-state index in [-0.39, 0.29) is 5.41 Å². The largest absolute Gasteiger partial charge is 0.480 e. The van der Waals surface area contributed by atoms with Crippen molar-refractivity contribution in [3.63, 3.8) is 0 Å². The Kier molecular flexibility index (Phi) is 4.69. The Balaban J connectivity index is 1.98. The molecule has 1 aliphatic rings. The van der Waals surface area contributed by atoms with Crippen LogP contribution in [0.4, 0.5) is 0 Å². The Hall–Kier alpha value is -1.39. The Labute approximate surface area is 126 Å². The molecular weight excluding hydrogens is 266 g/mol. The number of nitrogens with one attached hydrogen (secondary N) is 1. The first-order valence-corrected chi connectivity index (χ1v) is 7.55. The van der Waals surface area contributed by atoms with Gasteiger partial charge in [0.1, 0.15) is 6.04 Å². The Morgan fingerprint density at radius 3 is 2.29 bits per heavy atom. The molecule has 1 fully saturated rings. The highest BCUT2D eigenvalue weighted by Gasteiger charge is 2.37. The van der Waals surface area contributed by atoms with Gasteiger partial charge in [-0.15, -0.1) is 0 Å². The van der Waals surface area contributed by atoms with Crippen molar-refractivity contribution in [2.45, 2.75) is 51.2 Å². The number of aliphatic carboxylic acids is 1. The van der Waals surface area contributed by atoms with Crippen molar-refractivity contribution in [2.75, 3.05) is 6.54 Å². The highest BCUT2D eigenvalue weighted by Crippen LogP contribution is 2.40. The SMILES string of the molecule is CC1(C)CCC(O)(CNC(C(=O)O)c2ccccc2)CC1. The maximum absolute atomic E-state index is 11.4. The van der Waals surface area contributed by atoms with Crippen LogP contribution in [0.15, 0.2) is 30.3 Å². The molecule has 0 amide bonds. The van der Waals surface area contributed by atoms with Gasteiger partial charge in [0, 0.05) is 6.54 Å². The molecule has 0 bridgehead atoms. The lowest BCUT2D eigenvalue weighted by Crippen LogP contribution is -2.47. The third-order valence-corrected chi connectivity index (χ3v) is 4.55. The van der Waals surface area contributed by atoms with Crippen molar-refractivity contribution < 1.29 is 15.0 Å². The molecule has 4 heteroatoms. The fourth-order valence-electron chi connectivity index (χ4n) is 2.85. The van der Waals surface area contributed by atoms with Crippen LogP contribution in [0.25, 0.3) is 0 Å². The van der Waals surface area contributed by atoms with E-state index < -0.39 is 17.6 Å². The van der Waals surface area contributed by atoms with Gasteiger partial charge < -0.3 is 10.2 Å². The van der Waals surface area contributed by atoms with Gasteiger partial charge in [-0.25, -0.2) is 0 Å². The molecule has 0 aliphatic heterocycles. The van der Waals surface area contributed by atoms with Crippen molar-refractivity contribution in [1.29, 1.82) is 0 Å². The fourth-order valence-corrected chi connectivity index (χ4v) is 2.85. The molecule has 4 nitrogen and oxygen atoms in total. The van der Waals surface area contributed by atoms with Crippen molar-refractivity contribution in [3.05, 3.63) is 35.9 Å². The predicted molar refractivity (Wildman–Crippen MR) is 82.0 cm³/mol. The highest BCUT2D eigenvalue weighted by molar-refractivity contribution is 5.75. The Bertz CT molecular complexity index is 474. The maximum Gasteiger partial charge on any atom is 0.325 e. The summed E-state index contributed by atoms with van der Waals surface area (Å²) >= 11 is 0. The normalized spacial score (nSPS) is 21.7. The number of carbonyl (C=O) groups is 1. The standard InChI is InChI=1S/C17H25NO3/c1-16(2)8-10-17(21,11-9-16)12-18-14(15(19)20)13-6-4-3-5-7-13/h3-7,14,18,21H,8-12H2,1-2H3,(H,19,20). The minimum Gasteiger partial charge on any atom is -0.480 e. The van der Waals surface area contributed by atoms with Gasteiger partial charge in [-0.05, 0) is 36.7 Å². The number of benzene rings is 1. The molecule has 1 aliphatic carbocycles. The Morgan fingerprint density at radius 2 is 1.76 bits per heavy atom. The second-order valence-electron chi connectivity index (χ2n) is 6.95. The molecule has 0 heterocycles. The van der Waals surface area contributed by atoms with E-state index in [4.69, 9.17) is 0 Å². The molecule has 1 aromatic carbocycles. The molecule has 1 unspecified atom stereocenters. The summed E-state index contributed by atoms with van der Waals surface area (Å²) < 4.78 is 0. The molecule has 21 heavy (non-hydrogen) atoms. The topological polar surface area (TPSA) is 69.6 Å². The summed E-state index contributed by atoms with van der Waals surface area (Å²) in [4.78, 5) is 11.4. The van der Waals surface area contributed by atoms with Crippen LogP contribution in [-0.4, -0.2) is 28.3 Å². The van der Waals surface area contributed by atoms with Crippen molar-refractivity contribution >= 4 is 5.97 Å². The predicted octanol–water partition coefficient (Wildman–Crippen LogP) is 2.73. The number of hydrogen-bond donors (Lipinski definition) is 3. The summed E-state index contributed by atoms with van der Waals surface area (Å²) in [6.45, 7) is 4.74. The number of aliphatic hydroxyl groups is 1. The van der Waals surface area contributed by atoms with E-state index in [1.165, 1.54) is 0 Å². The average molecular weight is 291 g/mol. The smallest absolute Gasteiger partial charge is 0.325 e. The van der Waals surface area contributed by atoms with Crippen LogP contribution in [0.3, 0.4) is 0 Å². The third-order valence-electron chi connectivity index (χ3n) is 4.55. The van der Waals surface area contributed by atoms with Gasteiger partial charge >= 0.3 is 5.97 Å². The lowest BCUT2D eigenvalue weighted by molar-refractivity contribution is -0.140. The first-order chi connectivity index (χ1) is 9.81. The van der Waals surface area contributed by atoms with Crippen LogP contribution in [0.2, 0.25) is 0 Å². The van der Waals surface area contributed by atoms with E-state index in [1.807, 2.05) is 18.2 Å². The van der Waals surface area contributed by atoms with Crippen molar-refractivity contribution in [3.8, 4) is 0 Å². The second-order valence-corrected chi connectivity index (χ2v) is 6.95. The van der Waals surface area contributed by atoms with Gasteiger partial charge in [0.15, 0.2) is 0 Å². The molecule has 0 radical (unpaired) electrons. The molecule has 3 N–H and O–H groups in total. The number of carboxylic acids is 1. The van der Waals surface area contributed by atoms with Gasteiger partial charge in [-0.1, -0.05) is 44.2 Å². The van der Waals surface area contributed by atoms with Gasteiger partial charge in [0.2, 0.25) is 0 Å². The van der Waals surface area contributed by atoms with E-state index >= 15 is 0 Å². The van der Waals surface area contributed by atoms with Crippen LogP contribution < -0.4 is 5.32 Å². The van der Waals surface area contributed by atoms with Gasteiger partial charge in [-0.2, -0.15) is 0 Å². The van der Waals surface area contributed by atoms with Gasteiger partial charge in [-0.3, -0.25) is 10.1 Å². The molecule has 1 atom stereocenters. The monoisotopic (exact) mass is 291 g/mol. The lowest BCUT2D eigenvalue weighted by atomic mass is 9.71. The van der Waals surface area contributed by atoms with Crippen molar-refractivity contribution in [1.82, 2.24) is 5.32 Å². The number of hydrogen-bond acceptors (Lipinski definition) is 3. The maximum atomic E-state index is 11.4. The zero-order valence-corrected chi connectivity index (χ0v) is 12.8. The van der Waals surface area contributed by atoms with Crippen LogP contribution in [0.5, 0.6) is 0 Å². The minimum atomic E-state index is -0.916. The van der Waals surface area contributed by atoms with Gasteiger partial charge in [0.25, 0.3) is 0 Å². The first kappa shape index (κ1) is 16.0. The van der Waals surface area contributed by atoms with Crippen molar-refractivity contribution in [2.24, 2.45) is 5.41 Å². The minimum absolute atomic E-state index is 0.276. The quantitative estimate of drug-likeness (QED) is 0.780. The van der Waals surface area contributed by atoms with E-state index in [0.717, 1.165) is 12.8 Å². The highest BCUT2D eigenvalue weighted by atomic mass is 16.4. The van der Waals surface area contributed by atoms with Crippen LogP contribution in [-0.2, 0) is 4.79 Å². The van der Waals surface area contributed by atoms with E-state index in [9.17, 15) is 15.0 Å². The zero-order chi connectivity index (χ0) is 15.5. The molecule has 1 saturated carbocycles. The summed E-state index contributed by atoms with van der Waals surface area (Å²) in [5.41, 5.74) is 0.195. The summed E-state index contributed by atoms with van der Waals surface area (Å²) in [6.07, 6.45) is 3.37. The molecule has 2 rings (SSSR count). The summed E-state index contributed by atoms with van der Waals surface area (Å²) in [6, 6.07) is 8.32. The van der Waals surface area contributed by atoms with E-state index in [2.05, 4.69) is 19.2 Å². The molecule has 116 valence electrons.